The Bertz CT molecular complexity index is 360. The zero-order valence-electron chi connectivity index (χ0n) is 19.7. The highest BCUT2D eigenvalue weighted by Crippen LogP contribution is 2.26. The van der Waals surface area contributed by atoms with Gasteiger partial charge in [-0.2, -0.15) is 0 Å². The normalized spacial score (nSPS) is 32.6. The van der Waals surface area contributed by atoms with Gasteiger partial charge in [-0.15, -0.1) is 24.8 Å². The van der Waals surface area contributed by atoms with E-state index in [9.17, 15) is 0 Å². The summed E-state index contributed by atoms with van der Waals surface area (Å²) in [7, 11) is 0. The van der Waals surface area contributed by atoms with E-state index >= 15 is 0 Å². The lowest BCUT2D eigenvalue weighted by Crippen LogP contribution is -2.41. The van der Waals surface area contributed by atoms with Crippen LogP contribution in [-0.4, -0.2) is 73.2 Å². The minimum Gasteiger partial charge on any atom is -0.314 e. The van der Waals surface area contributed by atoms with E-state index in [0.29, 0.717) is 0 Å². The van der Waals surface area contributed by atoms with Crippen molar-refractivity contribution in [3.63, 3.8) is 0 Å². The van der Waals surface area contributed by atoms with Crippen LogP contribution in [0.4, 0.5) is 0 Å². The molecule has 180 valence electrons. The van der Waals surface area contributed by atoms with E-state index in [1.54, 1.807) is 0 Å². The predicted molar refractivity (Wildman–Crippen MR) is 136 cm³/mol. The third-order valence-electron chi connectivity index (χ3n) is 7.69. The van der Waals surface area contributed by atoms with Gasteiger partial charge in [0, 0.05) is 24.2 Å². The molecule has 0 atom stereocenters. The maximum Gasteiger partial charge on any atom is 0.00964 e. The Balaban J connectivity index is 0.000000281. The molecule has 6 heteroatoms. The van der Waals surface area contributed by atoms with Gasteiger partial charge < -0.3 is 20.4 Å². The molecule has 4 rings (SSSR count). The Labute approximate surface area is 199 Å². The minimum absolute atomic E-state index is 0. The monoisotopic (exact) mass is 464 g/mol. The lowest BCUT2D eigenvalue weighted by Gasteiger charge is -2.34. The molecule has 4 aliphatic rings. The number of rotatable bonds is 6. The van der Waals surface area contributed by atoms with Crippen LogP contribution < -0.4 is 10.6 Å². The summed E-state index contributed by atoms with van der Waals surface area (Å²) in [6, 6.07) is 3.48. The Morgan fingerprint density at radius 3 is 1.10 bits per heavy atom. The molecule has 0 amide bonds. The number of halogens is 2. The summed E-state index contributed by atoms with van der Waals surface area (Å²) in [6.07, 6.45) is 17.1. The van der Waals surface area contributed by atoms with Gasteiger partial charge in [0.2, 0.25) is 0 Å². The predicted octanol–water partition coefficient (Wildman–Crippen LogP) is 4.85. The third kappa shape index (κ3) is 9.11. The van der Waals surface area contributed by atoms with Gasteiger partial charge >= 0.3 is 0 Å². The van der Waals surface area contributed by atoms with Gasteiger partial charge in [-0.25, -0.2) is 0 Å². The summed E-state index contributed by atoms with van der Waals surface area (Å²) in [5, 5.41) is 7.15. The fourth-order valence-corrected chi connectivity index (χ4v) is 6.08. The van der Waals surface area contributed by atoms with Crippen LogP contribution in [0.3, 0.4) is 0 Å². The van der Waals surface area contributed by atoms with Crippen LogP contribution in [0.15, 0.2) is 0 Å². The number of nitrogens with one attached hydrogen (secondary N) is 2. The molecule has 2 saturated carbocycles. The van der Waals surface area contributed by atoms with Crippen LogP contribution >= 0.6 is 24.8 Å². The lowest BCUT2D eigenvalue weighted by atomic mass is 9.90. The van der Waals surface area contributed by atoms with Gasteiger partial charge in [0.05, 0.1) is 0 Å². The highest BCUT2D eigenvalue weighted by atomic mass is 35.5. The van der Waals surface area contributed by atoms with E-state index < -0.39 is 0 Å². The van der Waals surface area contributed by atoms with Gasteiger partial charge in [0.25, 0.3) is 0 Å². The summed E-state index contributed by atoms with van der Waals surface area (Å²) < 4.78 is 0. The quantitative estimate of drug-likeness (QED) is 0.587. The first-order chi connectivity index (χ1) is 13.8. The fourth-order valence-electron chi connectivity index (χ4n) is 6.08. The molecule has 0 aromatic heterocycles. The van der Waals surface area contributed by atoms with Crippen molar-refractivity contribution in [2.45, 2.75) is 115 Å². The van der Waals surface area contributed by atoms with E-state index in [0.717, 1.165) is 37.3 Å². The highest BCUT2D eigenvalue weighted by molar-refractivity contribution is 5.85. The number of nitrogens with zero attached hydrogens (tertiary/aromatic N) is 2. The molecule has 0 radical (unpaired) electrons. The van der Waals surface area contributed by atoms with Crippen molar-refractivity contribution in [1.82, 2.24) is 20.4 Å². The van der Waals surface area contributed by atoms with Gasteiger partial charge in [0.15, 0.2) is 0 Å². The Kier molecular flexibility index (Phi) is 15.3. The summed E-state index contributed by atoms with van der Waals surface area (Å²) >= 11 is 0. The first-order valence-electron chi connectivity index (χ1n) is 12.7. The zero-order chi connectivity index (χ0) is 19.6. The van der Waals surface area contributed by atoms with Crippen molar-refractivity contribution < 1.29 is 0 Å². The van der Waals surface area contributed by atoms with Crippen LogP contribution in [0.1, 0.15) is 90.9 Å². The van der Waals surface area contributed by atoms with Crippen molar-refractivity contribution in [2.75, 3.05) is 39.3 Å². The van der Waals surface area contributed by atoms with Crippen LogP contribution in [0.25, 0.3) is 0 Å². The molecule has 0 bridgehead atoms. The molecular weight excluding hydrogens is 415 g/mol. The molecule has 0 aromatic rings. The third-order valence-corrected chi connectivity index (χ3v) is 7.69. The van der Waals surface area contributed by atoms with E-state index in [1.165, 1.54) is 103 Å². The second-order valence-corrected chi connectivity index (χ2v) is 9.61. The molecule has 2 aliphatic carbocycles. The molecule has 4 fully saturated rings. The van der Waals surface area contributed by atoms with Gasteiger partial charge in [-0.05, 0) is 116 Å². The van der Waals surface area contributed by atoms with Crippen LogP contribution in [-0.2, 0) is 0 Å². The SMILES string of the molecule is CCN[C@H]1CC[C@@H](N2CCCC2)CC1.CCN[C@H]1CC[C@@H](N2CCCC2)CC1.Cl.Cl. The van der Waals surface area contributed by atoms with E-state index in [-0.39, 0.29) is 24.8 Å². The lowest BCUT2D eigenvalue weighted by molar-refractivity contribution is 0.174. The van der Waals surface area contributed by atoms with Crippen molar-refractivity contribution >= 4 is 24.8 Å². The number of hydrogen-bond donors (Lipinski definition) is 2. The topological polar surface area (TPSA) is 30.5 Å². The molecular formula is C24H50Cl2N4. The standard InChI is InChI=1S/2C12H24N2.2ClH/c2*1-2-13-11-5-7-12(8-6-11)14-9-3-4-10-14;;/h2*11-13H,2-10H2,1H3;2*1H/t2*11-,12+;;. The average Bonchev–Trinajstić information content (AvgIpc) is 3.45. The second kappa shape index (κ2) is 16.1. The number of hydrogen-bond acceptors (Lipinski definition) is 4. The van der Waals surface area contributed by atoms with E-state index in [4.69, 9.17) is 0 Å². The largest absolute Gasteiger partial charge is 0.314 e. The smallest absolute Gasteiger partial charge is 0.00964 e. The molecule has 2 saturated heterocycles. The Hall–Kier alpha value is 0.420. The molecule has 30 heavy (non-hydrogen) atoms. The minimum atomic E-state index is 0. The van der Waals surface area contributed by atoms with Crippen LogP contribution in [0.5, 0.6) is 0 Å². The van der Waals surface area contributed by atoms with Crippen molar-refractivity contribution in [2.24, 2.45) is 0 Å². The molecule has 2 N–H and O–H groups in total. The summed E-state index contributed by atoms with van der Waals surface area (Å²) in [5.74, 6) is 0. The van der Waals surface area contributed by atoms with Crippen LogP contribution in [0, 0.1) is 0 Å². The number of likely N-dealkylation sites (tertiary alicyclic amines) is 2. The first kappa shape index (κ1) is 28.5. The van der Waals surface area contributed by atoms with Crippen molar-refractivity contribution in [3.05, 3.63) is 0 Å². The molecule has 2 aliphatic heterocycles. The van der Waals surface area contributed by atoms with Gasteiger partial charge in [-0.1, -0.05) is 13.8 Å². The Morgan fingerprint density at radius 1 is 0.533 bits per heavy atom. The summed E-state index contributed by atoms with van der Waals surface area (Å²) in [5.41, 5.74) is 0. The molecule has 4 nitrogen and oxygen atoms in total. The second-order valence-electron chi connectivity index (χ2n) is 9.61. The molecule has 2 heterocycles. The highest BCUT2D eigenvalue weighted by Gasteiger charge is 2.27. The fraction of sp³-hybridized carbons (Fsp3) is 1.00. The van der Waals surface area contributed by atoms with E-state index in [1.807, 2.05) is 0 Å². The van der Waals surface area contributed by atoms with Gasteiger partial charge in [-0.3, -0.25) is 0 Å². The zero-order valence-corrected chi connectivity index (χ0v) is 21.4. The maximum absolute atomic E-state index is 3.58. The van der Waals surface area contributed by atoms with Gasteiger partial charge in [0.1, 0.15) is 0 Å². The maximum atomic E-state index is 3.58. The van der Waals surface area contributed by atoms with Crippen molar-refractivity contribution in [3.8, 4) is 0 Å². The molecule has 0 aromatic carbocycles. The first-order valence-corrected chi connectivity index (χ1v) is 12.7. The Morgan fingerprint density at radius 2 is 0.833 bits per heavy atom. The van der Waals surface area contributed by atoms with Crippen molar-refractivity contribution in [1.29, 1.82) is 0 Å². The van der Waals surface area contributed by atoms with Crippen LogP contribution in [0.2, 0.25) is 0 Å². The van der Waals surface area contributed by atoms with E-state index in [2.05, 4.69) is 34.3 Å². The molecule has 0 unspecified atom stereocenters. The summed E-state index contributed by atoms with van der Waals surface area (Å²) in [4.78, 5) is 5.45. The molecule has 0 spiro atoms. The average molecular weight is 466 g/mol. The summed E-state index contributed by atoms with van der Waals surface area (Å²) in [6.45, 7) is 12.2.